The Bertz CT molecular complexity index is 738. The normalized spacial score (nSPS) is 21.1. The molecular formula is C19H23N3OS. The number of benzene rings is 1. The topological polar surface area (TPSA) is 46.9 Å². The van der Waals surface area contributed by atoms with Crippen LogP contribution in [0.25, 0.3) is 0 Å². The summed E-state index contributed by atoms with van der Waals surface area (Å²) in [6.07, 6.45) is 9.59. The Labute approximate surface area is 147 Å². The number of aromatic nitrogens is 2. The molecule has 1 heterocycles. The van der Waals surface area contributed by atoms with E-state index in [0.29, 0.717) is 6.04 Å². The molecule has 0 radical (unpaired) electrons. The summed E-state index contributed by atoms with van der Waals surface area (Å²) in [5, 5.41) is 4.08. The van der Waals surface area contributed by atoms with Gasteiger partial charge in [-0.15, -0.1) is 0 Å². The number of nitrogens with zero attached hydrogens (tertiary/aromatic N) is 2. The van der Waals surface area contributed by atoms with Gasteiger partial charge < -0.3 is 9.88 Å². The summed E-state index contributed by atoms with van der Waals surface area (Å²) in [6, 6.07) is 9.21. The van der Waals surface area contributed by atoms with Crippen LogP contribution in [0, 0.1) is 0 Å². The molecule has 1 N–H and O–H groups in total. The van der Waals surface area contributed by atoms with E-state index in [1.165, 1.54) is 24.0 Å². The first-order chi connectivity index (χ1) is 11.7. The van der Waals surface area contributed by atoms with Crippen molar-refractivity contribution in [1.29, 1.82) is 0 Å². The van der Waals surface area contributed by atoms with Crippen LogP contribution < -0.4 is 5.32 Å². The van der Waals surface area contributed by atoms with Gasteiger partial charge in [0.2, 0.25) is 5.91 Å². The zero-order valence-corrected chi connectivity index (χ0v) is 14.8. The highest BCUT2D eigenvalue weighted by molar-refractivity contribution is 8.00. The Hall–Kier alpha value is -1.75. The maximum Gasteiger partial charge on any atom is 0.233 e. The lowest BCUT2D eigenvalue weighted by Crippen LogP contribution is -2.36. The quantitative estimate of drug-likeness (QED) is 0.839. The van der Waals surface area contributed by atoms with E-state index >= 15 is 0 Å². The van der Waals surface area contributed by atoms with Gasteiger partial charge in [0.15, 0.2) is 5.16 Å². The number of rotatable bonds is 5. The van der Waals surface area contributed by atoms with Crippen molar-refractivity contribution in [3.05, 3.63) is 47.8 Å². The van der Waals surface area contributed by atoms with Gasteiger partial charge in [-0.2, -0.15) is 0 Å². The van der Waals surface area contributed by atoms with E-state index in [9.17, 15) is 4.79 Å². The van der Waals surface area contributed by atoms with Crippen LogP contribution in [0.15, 0.2) is 41.8 Å². The van der Waals surface area contributed by atoms with Crippen LogP contribution >= 0.6 is 11.8 Å². The van der Waals surface area contributed by atoms with Crippen molar-refractivity contribution in [1.82, 2.24) is 14.9 Å². The molecule has 1 saturated carbocycles. The summed E-state index contributed by atoms with van der Waals surface area (Å²) in [7, 11) is 0. The zero-order chi connectivity index (χ0) is 16.5. The molecule has 1 fully saturated rings. The molecule has 2 aliphatic carbocycles. The van der Waals surface area contributed by atoms with Crippen LogP contribution in [0.5, 0.6) is 0 Å². The van der Waals surface area contributed by atoms with Gasteiger partial charge in [-0.05, 0) is 50.2 Å². The molecule has 1 aromatic carbocycles. The summed E-state index contributed by atoms with van der Waals surface area (Å²) < 4.78 is 2.21. The Morgan fingerprint density at radius 2 is 2.17 bits per heavy atom. The first-order valence-corrected chi connectivity index (χ1v) is 9.68. The number of aryl methyl sites for hydroxylation is 1. The molecule has 126 valence electrons. The summed E-state index contributed by atoms with van der Waals surface area (Å²) in [5.41, 5.74) is 2.66. The molecule has 2 atom stereocenters. The third kappa shape index (κ3) is 3.22. The smallest absolute Gasteiger partial charge is 0.233 e. The Balaban J connectivity index is 1.42. The molecule has 24 heavy (non-hydrogen) atoms. The van der Waals surface area contributed by atoms with E-state index in [-0.39, 0.29) is 17.2 Å². The fourth-order valence-corrected chi connectivity index (χ4v) is 4.37. The van der Waals surface area contributed by atoms with E-state index in [2.05, 4.69) is 39.1 Å². The molecule has 4 rings (SSSR count). The highest BCUT2D eigenvalue weighted by atomic mass is 32.2. The Morgan fingerprint density at radius 1 is 1.33 bits per heavy atom. The molecule has 0 bridgehead atoms. The third-order valence-electron chi connectivity index (χ3n) is 4.91. The number of nitrogens with one attached hydrogen (secondary N) is 1. The molecule has 0 saturated heterocycles. The van der Waals surface area contributed by atoms with E-state index in [0.717, 1.165) is 24.4 Å². The van der Waals surface area contributed by atoms with Crippen molar-refractivity contribution in [3.8, 4) is 0 Å². The fraction of sp³-hybridized carbons (Fsp3) is 0.474. The molecule has 2 aliphatic rings. The zero-order valence-electron chi connectivity index (χ0n) is 13.9. The highest BCUT2D eigenvalue weighted by Crippen LogP contribution is 2.38. The number of imidazole rings is 1. The number of hydrogen-bond acceptors (Lipinski definition) is 3. The predicted molar refractivity (Wildman–Crippen MR) is 96.1 cm³/mol. The molecule has 0 spiro atoms. The molecule has 0 aliphatic heterocycles. The highest BCUT2D eigenvalue weighted by Gasteiger charge is 2.28. The minimum atomic E-state index is -0.140. The first kappa shape index (κ1) is 15.8. The summed E-state index contributed by atoms with van der Waals surface area (Å²) in [5.74, 6) is 0.104. The average molecular weight is 341 g/mol. The van der Waals surface area contributed by atoms with Crippen molar-refractivity contribution in [2.75, 3.05) is 0 Å². The summed E-state index contributed by atoms with van der Waals surface area (Å²) >= 11 is 1.56. The fourth-order valence-electron chi connectivity index (χ4n) is 3.43. The van der Waals surface area contributed by atoms with E-state index in [4.69, 9.17) is 0 Å². The van der Waals surface area contributed by atoms with Crippen LogP contribution in [0.1, 0.15) is 55.8 Å². The molecule has 1 aromatic heterocycles. The lowest BCUT2D eigenvalue weighted by molar-refractivity contribution is -0.121. The molecule has 5 heteroatoms. The van der Waals surface area contributed by atoms with Gasteiger partial charge in [0.05, 0.1) is 11.3 Å². The van der Waals surface area contributed by atoms with Crippen molar-refractivity contribution in [2.45, 2.75) is 61.5 Å². The molecule has 1 amide bonds. The van der Waals surface area contributed by atoms with Crippen LogP contribution in [0.2, 0.25) is 0 Å². The van der Waals surface area contributed by atoms with Crippen LogP contribution in [0.3, 0.4) is 0 Å². The summed E-state index contributed by atoms with van der Waals surface area (Å²) in [4.78, 5) is 17.1. The molecule has 2 aromatic rings. The number of carbonyl (C=O) groups is 1. The van der Waals surface area contributed by atoms with Gasteiger partial charge in [-0.25, -0.2) is 4.98 Å². The second kappa shape index (κ2) is 6.63. The monoisotopic (exact) mass is 341 g/mol. The van der Waals surface area contributed by atoms with Gasteiger partial charge in [0.25, 0.3) is 0 Å². The first-order valence-electron chi connectivity index (χ1n) is 8.80. The number of amides is 1. The van der Waals surface area contributed by atoms with E-state index < -0.39 is 0 Å². The van der Waals surface area contributed by atoms with Crippen molar-refractivity contribution in [2.24, 2.45) is 0 Å². The number of fused-ring (bicyclic) bond motifs is 1. The van der Waals surface area contributed by atoms with Crippen LogP contribution in [0.4, 0.5) is 0 Å². The minimum Gasteiger partial charge on any atom is -0.348 e. The van der Waals surface area contributed by atoms with Gasteiger partial charge in [0, 0.05) is 18.4 Å². The van der Waals surface area contributed by atoms with Gasteiger partial charge in [0.1, 0.15) is 0 Å². The van der Waals surface area contributed by atoms with Crippen molar-refractivity contribution in [3.63, 3.8) is 0 Å². The summed E-state index contributed by atoms with van der Waals surface area (Å²) in [6.45, 7) is 1.97. The molecule has 4 nitrogen and oxygen atoms in total. The number of carbonyl (C=O) groups excluding carboxylic acids is 1. The average Bonchev–Trinajstić information content (AvgIpc) is 3.34. The molecule has 0 unspecified atom stereocenters. The van der Waals surface area contributed by atoms with Gasteiger partial charge in [-0.3, -0.25) is 4.79 Å². The Kier molecular flexibility index (Phi) is 4.35. The lowest BCUT2D eigenvalue weighted by atomic mass is 9.88. The SMILES string of the molecule is C[C@H](Sc1nccn1C1CC1)C(=O)N[C@@H]1CCCc2ccccc21. The van der Waals surface area contributed by atoms with Crippen molar-refractivity contribution >= 4 is 17.7 Å². The standard InChI is InChI=1S/C19H23N3OS/c1-13(24-19-20-11-12-22(19)15-9-10-15)18(23)21-17-8-4-6-14-5-2-3-7-16(14)17/h2-3,5,7,11-13,15,17H,4,6,8-10H2,1H3,(H,21,23)/t13-,17+/m0/s1. The van der Waals surface area contributed by atoms with E-state index in [1.807, 2.05) is 19.3 Å². The lowest BCUT2D eigenvalue weighted by Gasteiger charge is -2.27. The second-order valence-electron chi connectivity index (χ2n) is 6.76. The van der Waals surface area contributed by atoms with E-state index in [1.54, 1.807) is 11.8 Å². The molecular weight excluding hydrogens is 318 g/mol. The van der Waals surface area contributed by atoms with Gasteiger partial charge >= 0.3 is 0 Å². The van der Waals surface area contributed by atoms with Crippen molar-refractivity contribution < 1.29 is 4.79 Å². The van der Waals surface area contributed by atoms with Crippen LogP contribution in [-0.2, 0) is 11.2 Å². The maximum atomic E-state index is 12.7. The number of hydrogen-bond donors (Lipinski definition) is 1. The largest absolute Gasteiger partial charge is 0.348 e. The minimum absolute atomic E-state index is 0.104. The second-order valence-corrected chi connectivity index (χ2v) is 8.07. The maximum absolute atomic E-state index is 12.7. The Morgan fingerprint density at radius 3 is 3.00 bits per heavy atom. The number of thioether (sulfide) groups is 1. The van der Waals surface area contributed by atoms with Gasteiger partial charge in [-0.1, -0.05) is 36.0 Å². The van der Waals surface area contributed by atoms with Crippen LogP contribution in [-0.4, -0.2) is 20.7 Å². The third-order valence-corrected chi connectivity index (χ3v) is 6.01. The predicted octanol–water partition coefficient (Wildman–Crippen LogP) is 3.89.